The maximum Gasteiger partial charge on any atom is 0.281 e. The molecular weight excluding hydrogens is 244 g/mol. The first-order valence-electron chi connectivity index (χ1n) is 4.86. The van der Waals surface area contributed by atoms with Crippen LogP contribution in [0.2, 0.25) is 0 Å². The molecule has 0 fully saturated rings. The lowest BCUT2D eigenvalue weighted by molar-refractivity contribution is 0.523. The molecule has 0 spiro atoms. The average molecular weight is 261 g/mol. The minimum absolute atomic E-state index is 0.0308. The van der Waals surface area contributed by atoms with Gasteiger partial charge in [-0.15, -0.1) is 0 Å². The fourth-order valence-electron chi connectivity index (χ4n) is 1.34. The van der Waals surface area contributed by atoms with Crippen molar-refractivity contribution in [2.45, 2.75) is 46.1 Å². The maximum absolute atomic E-state index is 11.7. The molecule has 4 heteroatoms. The molecule has 1 aromatic rings. The third kappa shape index (κ3) is 2.11. The minimum atomic E-state index is -0.0308. The van der Waals surface area contributed by atoms with Gasteiger partial charge in [-0.3, -0.25) is 14.6 Å². The highest BCUT2D eigenvalue weighted by Crippen LogP contribution is 2.25. The highest BCUT2D eigenvalue weighted by atomic mass is 79.9. The Morgan fingerprint density at radius 3 is 2.36 bits per heavy atom. The number of hydrogen-bond acceptors (Lipinski definition) is 1. The van der Waals surface area contributed by atoms with E-state index in [1.54, 1.807) is 4.68 Å². The van der Waals surface area contributed by atoms with Crippen molar-refractivity contribution < 1.29 is 0 Å². The Hall–Kier alpha value is -0.510. The number of H-pyrrole nitrogens is 1. The van der Waals surface area contributed by atoms with Gasteiger partial charge in [-0.2, -0.15) is 0 Å². The Kier molecular flexibility index (Phi) is 3.24. The van der Waals surface area contributed by atoms with Gasteiger partial charge in [0.25, 0.3) is 5.56 Å². The molecule has 0 saturated carbocycles. The van der Waals surface area contributed by atoms with Crippen LogP contribution in [0.1, 0.15) is 39.8 Å². The van der Waals surface area contributed by atoms with Crippen LogP contribution in [0.4, 0.5) is 0 Å². The van der Waals surface area contributed by atoms with E-state index in [1.165, 1.54) is 0 Å². The Labute approximate surface area is 92.6 Å². The van der Waals surface area contributed by atoms with Crippen LogP contribution in [0.5, 0.6) is 0 Å². The molecule has 0 radical (unpaired) electrons. The van der Waals surface area contributed by atoms with E-state index in [-0.39, 0.29) is 11.0 Å². The third-order valence-corrected chi connectivity index (χ3v) is 2.83. The van der Waals surface area contributed by atoms with E-state index < -0.39 is 0 Å². The van der Waals surface area contributed by atoms with Gasteiger partial charge in [0.1, 0.15) is 4.47 Å². The monoisotopic (exact) mass is 260 g/mol. The fourth-order valence-corrected chi connectivity index (χ4v) is 2.24. The molecule has 0 saturated heterocycles. The lowest BCUT2D eigenvalue weighted by Crippen LogP contribution is -2.16. The molecule has 80 valence electrons. The summed E-state index contributed by atoms with van der Waals surface area (Å²) in [6, 6.07) is 0. The van der Waals surface area contributed by atoms with Gasteiger partial charge in [0.05, 0.1) is 5.69 Å². The number of hydrogen-bond donors (Lipinski definition) is 1. The van der Waals surface area contributed by atoms with Gasteiger partial charge in [0.15, 0.2) is 0 Å². The summed E-state index contributed by atoms with van der Waals surface area (Å²) >= 11 is 3.34. The van der Waals surface area contributed by atoms with Gasteiger partial charge in [-0.25, -0.2) is 0 Å². The summed E-state index contributed by atoms with van der Waals surface area (Å²) in [5, 5.41) is 3.15. The first-order chi connectivity index (χ1) is 6.38. The van der Waals surface area contributed by atoms with Crippen molar-refractivity contribution in [1.29, 1.82) is 0 Å². The predicted octanol–water partition coefficient (Wildman–Crippen LogP) is 2.65. The minimum Gasteiger partial charge on any atom is -0.298 e. The Bertz CT molecular complexity index is 370. The number of nitrogens with one attached hydrogen (secondary N) is 1. The normalized spacial score (nSPS) is 12.1. The quantitative estimate of drug-likeness (QED) is 0.873. The summed E-state index contributed by atoms with van der Waals surface area (Å²) in [6.07, 6.45) is 0.955. The van der Waals surface area contributed by atoms with Gasteiger partial charge >= 0.3 is 0 Å². The van der Waals surface area contributed by atoms with E-state index in [4.69, 9.17) is 0 Å². The highest BCUT2D eigenvalue weighted by molar-refractivity contribution is 9.10. The topological polar surface area (TPSA) is 37.8 Å². The Morgan fingerprint density at radius 2 is 2.00 bits per heavy atom. The molecule has 0 aromatic carbocycles. The van der Waals surface area contributed by atoms with E-state index >= 15 is 0 Å². The molecule has 1 heterocycles. The van der Waals surface area contributed by atoms with E-state index in [2.05, 4.69) is 48.7 Å². The van der Waals surface area contributed by atoms with E-state index in [0.29, 0.717) is 4.47 Å². The summed E-state index contributed by atoms with van der Waals surface area (Å²) in [6.45, 7) is 9.05. The second-order valence-corrected chi connectivity index (χ2v) is 5.30. The largest absolute Gasteiger partial charge is 0.298 e. The van der Waals surface area contributed by atoms with Gasteiger partial charge < -0.3 is 0 Å². The maximum atomic E-state index is 11.7. The fraction of sp³-hybridized carbons (Fsp3) is 0.700. The molecule has 0 atom stereocenters. The predicted molar refractivity (Wildman–Crippen MR) is 61.7 cm³/mol. The van der Waals surface area contributed by atoms with Crippen molar-refractivity contribution in [1.82, 2.24) is 9.78 Å². The van der Waals surface area contributed by atoms with Crippen molar-refractivity contribution in [2.75, 3.05) is 0 Å². The first kappa shape index (κ1) is 11.6. The second kappa shape index (κ2) is 3.93. The van der Waals surface area contributed by atoms with Crippen LogP contribution < -0.4 is 5.56 Å². The molecule has 0 aliphatic carbocycles. The summed E-state index contributed by atoms with van der Waals surface area (Å²) < 4.78 is 2.32. The third-order valence-electron chi connectivity index (χ3n) is 2.10. The molecule has 0 amide bonds. The van der Waals surface area contributed by atoms with Crippen molar-refractivity contribution in [3.05, 3.63) is 20.5 Å². The zero-order valence-corrected chi connectivity index (χ0v) is 10.7. The zero-order valence-electron chi connectivity index (χ0n) is 9.15. The highest BCUT2D eigenvalue weighted by Gasteiger charge is 2.22. The molecule has 1 N–H and O–H groups in total. The van der Waals surface area contributed by atoms with Crippen molar-refractivity contribution in [3.8, 4) is 0 Å². The number of rotatable bonds is 2. The van der Waals surface area contributed by atoms with Gasteiger partial charge in [0.2, 0.25) is 0 Å². The summed E-state index contributed by atoms with van der Waals surface area (Å²) in [5.74, 6) is 0. The van der Waals surface area contributed by atoms with E-state index in [1.807, 2.05) is 0 Å². The lowest BCUT2D eigenvalue weighted by atomic mass is 9.93. The van der Waals surface area contributed by atoms with Crippen LogP contribution in [0.3, 0.4) is 0 Å². The van der Waals surface area contributed by atoms with Crippen molar-refractivity contribution in [3.63, 3.8) is 0 Å². The van der Waals surface area contributed by atoms with Crippen LogP contribution in [-0.2, 0) is 12.0 Å². The van der Waals surface area contributed by atoms with Gasteiger partial charge in [0, 0.05) is 12.0 Å². The zero-order chi connectivity index (χ0) is 10.9. The van der Waals surface area contributed by atoms with Crippen molar-refractivity contribution in [2.24, 2.45) is 0 Å². The van der Waals surface area contributed by atoms with Crippen LogP contribution in [0.25, 0.3) is 0 Å². The molecular formula is C10H17BrN2O. The smallest absolute Gasteiger partial charge is 0.281 e. The number of aromatic amines is 1. The van der Waals surface area contributed by atoms with Crippen LogP contribution in [0.15, 0.2) is 9.27 Å². The van der Waals surface area contributed by atoms with Crippen LogP contribution >= 0.6 is 15.9 Å². The number of aryl methyl sites for hydroxylation is 1. The second-order valence-electron chi connectivity index (χ2n) is 4.51. The summed E-state index contributed by atoms with van der Waals surface area (Å²) in [4.78, 5) is 11.7. The Morgan fingerprint density at radius 1 is 1.43 bits per heavy atom. The molecule has 0 unspecified atom stereocenters. The van der Waals surface area contributed by atoms with Crippen LogP contribution in [-0.4, -0.2) is 9.78 Å². The van der Waals surface area contributed by atoms with Gasteiger partial charge in [-0.1, -0.05) is 27.7 Å². The molecule has 0 aliphatic rings. The SMILES string of the molecule is CCCn1[nH]c(C(C)(C)C)c(Br)c1=O. The Balaban J connectivity index is 3.22. The van der Waals surface area contributed by atoms with Crippen molar-refractivity contribution >= 4 is 15.9 Å². The number of aromatic nitrogens is 2. The van der Waals surface area contributed by atoms with E-state index in [0.717, 1.165) is 18.7 Å². The lowest BCUT2D eigenvalue weighted by Gasteiger charge is -2.16. The summed E-state index contributed by atoms with van der Waals surface area (Å²) in [7, 11) is 0. The molecule has 0 bridgehead atoms. The van der Waals surface area contributed by atoms with Crippen LogP contribution in [0, 0.1) is 0 Å². The molecule has 1 aromatic heterocycles. The number of halogens is 1. The van der Waals surface area contributed by atoms with Gasteiger partial charge in [-0.05, 0) is 22.4 Å². The summed E-state index contributed by atoms with van der Waals surface area (Å²) in [5.41, 5.74) is 0.976. The standard InChI is InChI=1S/C10H17BrN2O/c1-5-6-13-9(14)7(11)8(12-13)10(2,3)4/h12H,5-6H2,1-4H3. The van der Waals surface area contributed by atoms with E-state index in [9.17, 15) is 4.79 Å². The molecule has 1 rings (SSSR count). The first-order valence-corrected chi connectivity index (χ1v) is 5.66. The average Bonchev–Trinajstić information content (AvgIpc) is 2.32. The molecule has 3 nitrogen and oxygen atoms in total. The number of nitrogens with zero attached hydrogens (tertiary/aromatic N) is 1. The molecule has 14 heavy (non-hydrogen) atoms. The molecule has 0 aliphatic heterocycles.